The molecule has 0 aliphatic rings. The molecular formula is C17H18O3. The van der Waals surface area contributed by atoms with E-state index in [-0.39, 0.29) is 6.42 Å². The normalized spacial score (nSPS) is 10.2. The second kappa shape index (κ2) is 6.75. The number of carboxylic acids is 1. The molecule has 3 nitrogen and oxygen atoms in total. The summed E-state index contributed by atoms with van der Waals surface area (Å²) in [6, 6.07) is 15.8. The van der Waals surface area contributed by atoms with Gasteiger partial charge < -0.3 is 9.84 Å². The third kappa shape index (κ3) is 4.43. The number of aryl methyl sites for hydroxylation is 2. The minimum atomic E-state index is -0.773. The summed E-state index contributed by atoms with van der Waals surface area (Å²) < 4.78 is 5.71. The van der Waals surface area contributed by atoms with Gasteiger partial charge in [0.15, 0.2) is 0 Å². The molecule has 0 aliphatic heterocycles. The van der Waals surface area contributed by atoms with Crippen LogP contribution in [0.25, 0.3) is 0 Å². The van der Waals surface area contributed by atoms with E-state index in [2.05, 4.69) is 19.1 Å². The highest BCUT2D eigenvalue weighted by atomic mass is 16.5. The molecule has 0 unspecified atom stereocenters. The Morgan fingerprint density at radius 2 is 1.85 bits per heavy atom. The summed E-state index contributed by atoms with van der Waals surface area (Å²) in [7, 11) is 0. The average molecular weight is 270 g/mol. The molecule has 1 N–H and O–H groups in total. The third-order valence-corrected chi connectivity index (χ3v) is 3.04. The summed E-state index contributed by atoms with van der Waals surface area (Å²) in [4.78, 5) is 10.5. The molecule has 2 aromatic carbocycles. The molecule has 20 heavy (non-hydrogen) atoms. The van der Waals surface area contributed by atoms with Crippen LogP contribution < -0.4 is 4.74 Å². The van der Waals surface area contributed by atoms with Gasteiger partial charge in [-0.2, -0.15) is 0 Å². The number of ether oxygens (including phenoxy) is 1. The quantitative estimate of drug-likeness (QED) is 0.872. The smallest absolute Gasteiger partial charge is 0.303 e. The van der Waals surface area contributed by atoms with Crippen LogP contribution >= 0.6 is 0 Å². The van der Waals surface area contributed by atoms with Crippen LogP contribution in [0.15, 0.2) is 48.5 Å². The van der Waals surface area contributed by atoms with Gasteiger partial charge in [0.1, 0.15) is 12.4 Å². The largest absolute Gasteiger partial charge is 0.489 e. The highest BCUT2D eigenvalue weighted by molar-refractivity contribution is 5.67. The fourth-order valence-corrected chi connectivity index (χ4v) is 1.97. The summed E-state index contributed by atoms with van der Waals surface area (Å²) in [5, 5.41) is 8.64. The number of hydrogen-bond donors (Lipinski definition) is 1. The van der Waals surface area contributed by atoms with Gasteiger partial charge in [0, 0.05) is 6.42 Å². The lowest BCUT2D eigenvalue weighted by Gasteiger charge is -2.07. The maximum Gasteiger partial charge on any atom is 0.303 e. The Morgan fingerprint density at radius 3 is 2.50 bits per heavy atom. The van der Waals surface area contributed by atoms with E-state index in [1.807, 2.05) is 36.4 Å². The number of benzene rings is 2. The van der Waals surface area contributed by atoms with Gasteiger partial charge in [-0.15, -0.1) is 0 Å². The first kappa shape index (κ1) is 14.1. The monoisotopic (exact) mass is 270 g/mol. The van der Waals surface area contributed by atoms with Crippen molar-refractivity contribution in [1.29, 1.82) is 0 Å². The fourth-order valence-electron chi connectivity index (χ4n) is 1.97. The molecule has 104 valence electrons. The van der Waals surface area contributed by atoms with Gasteiger partial charge in [-0.1, -0.05) is 42.0 Å². The van der Waals surface area contributed by atoms with E-state index in [4.69, 9.17) is 9.84 Å². The minimum Gasteiger partial charge on any atom is -0.489 e. The molecule has 0 fully saturated rings. The number of rotatable bonds is 6. The topological polar surface area (TPSA) is 46.5 Å². The first-order chi connectivity index (χ1) is 9.63. The van der Waals surface area contributed by atoms with Crippen molar-refractivity contribution >= 4 is 5.97 Å². The molecular weight excluding hydrogens is 252 g/mol. The van der Waals surface area contributed by atoms with E-state index in [1.165, 1.54) is 5.56 Å². The first-order valence-electron chi connectivity index (χ1n) is 6.62. The van der Waals surface area contributed by atoms with Crippen LogP contribution in [0.4, 0.5) is 0 Å². The van der Waals surface area contributed by atoms with Crippen LogP contribution in [0.2, 0.25) is 0 Å². The summed E-state index contributed by atoms with van der Waals surface area (Å²) in [6.07, 6.45) is 0.705. The highest BCUT2D eigenvalue weighted by Gasteiger charge is 2.00. The van der Waals surface area contributed by atoms with Crippen molar-refractivity contribution in [3.05, 3.63) is 65.2 Å². The first-order valence-corrected chi connectivity index (χ1v) is 6.62. The predicted molar refractivity (Wildman–Crippen MR) is 77.9 cm³/mol. The Labute approximate surface area is 118 Å². The van der Waals surface area contributed by atoms with Crippen LogP contribution in [0.1, 0.15) is 23.1 Å². The van der Waals surface area contributed by atoms with E-state index >= 15 is 0 Å². The van der Waals surface area contributed by atoms with Gasteiger partial charge in [-0.3, -0.25) is 4.79 Å². The standard InChI is InChI=1S/C17H18O3/c1-13-3-2-4-15(11-13)12-20-16-8-5-14(6-9-16)7-10-17(18)19/h2-6,8-9,11H,7,10,12H2,1H3,(H,18,19). The Bertz CT molecular complexity index is 573. The SMILES string of the molecule is Cc1cccc(COc2ccc(CCC(=O)O)cc2)c1. The number of hydrogen-bond acceptors (Lipinski definition) is 2. The van der Waals surface area contributed by atoms with Gasteiger partial charge in [0.05, 0.1) is 0 Å². The Morgan fingerprint density at radius 1 is 1.10 bits per heavy atom. The lowest BCUT2D eigenvalue weighted by atomic mass is 10.1. The van der Waals surface area contributed by atoms with Crippen LogP contribution in [-0.2, 0) is 17.8 Å². The molecule has 0 aliphatic carbocycles. The maximum atomic E-state index is 10.5. The van der Waals surface area contributed by atoms with E-state index in [0.29, 0.717) is 13.0 Å². The molecule has 0 amide bonds. The minimum absolute atomic E-state index is 0.156. The van der Waals surface area contributed by atoms with Gasteiger partial charge in [0.2, 0.25) is 0 Å². The number of carbonyl (C=O) groups is 1. The maximum absolute atomic E-state index is 10.5. The lowest BCUT2D eigenvalue weighted by molar-refractivity contribution is -0.136. The zero-order chi connectivity index (χ0) is 14.4. The van der Waals surface area contributed by atoms with Crippen molar-refractivity contribution < 1.29 is 14.6 Å². The van der Waals surface area contributed by atoms with Gasteiger partial charge >= 0.3 is 5.97 Å². The molecule has 0 radical (unpaired) electrons. The Kier molecular flexibility index (Phi) is 4.77. The summed E-state index contributed by atoms with van der Waals surface area (Å²) in [5.41, 5.74) is 3.37. The van der Waals surface area contributed by atoms with Gasteiger partial charge in [-0.05, 0) is 36.6 Å². The predicted octanol–water partition coefficient (Wildman–Crippen LogP) is 3.59. The molecule has 2 aromatic rings. The van der Waals surface area contributed by atoms with Crippen molar-refractivity contribution in [2.24, 2.45) is 0 Å². The molecule has 0 saturated carbocycles. The van der Waals surface area contributed by atoms with Crippen molar-refractivity contribution in [3.8, 4) is 5.75 Å². The van der Waals surface area contributed by atoms with Crippen molar-refractivity contribution in [3.63, 3.8) is 0 Å². The van der Waals surface area contributed by atoms with E-state index < -0.39 is 5.97 Å². The van der Waals surface area contributed by atoms with E-state index in [9.17, 15) is 4.79 Å². The second-order valence-corrected chi connectivity index (χ2v) is 4.82. The number of carboxylic acid groups (broad SMARTS) is 1. The van der Waals surface area contributed by atoms with Crippen molar-refractivity contribution in [2.45, 2.75) is 26.4 Å². The van der Waals surface area contributed by atoms with Crippen LogP contribution in [0, 0.1) is 6.92 Å². The molecule has 0 aromatic heterocycles. The molecule has 0 spiro atoms. The highest BCUT2D eigenvalue weighted by Crippen LogP contribution is 2.15. The zero-order valence-corrected chi connectivity index (χ0v) is 11.5. The Balaban J connectivity index is 1.89. The molecule has 0 saturated heterocycles. The molecule has 0 atom stereocenters. The van der Waals surface area contributed by atoms with Crippen molar-refractivity contribution in [2.75, 3.05) is 0 Å². The van der Waals surface area contributed by atoms with Crippen LogP contribution in [0.5, 0.6) is 5.75 Å². The zero-order valence-electron chi connectivity index (χ0n) is 11.5. The van der Waals surface area contributed by atoms with Crippen LogP contribution in [-0.4, -0.2) is 11.1 Å². The van der Waals surface area contributed by atoms with Gasteiger partial charge in [0.25, 0.3) is 0 Å². The molecule has 0 bridgehead atoms. The summed E-state index contributed by atoms with van der Waals surface area (Å²) in [5.74, 6) is 0.0235. The van der Waals surface area contributed by atoms with Crippen LogP contribution in [0.3, 0.4) is 0 Å². The molecule has 2 rings (SSSR count). The van der Waals surface area contributed by atoms with E-state index in [0.717, 1.165) is 16.9 Å². The Hall–Kier alpha value is -2.29. The van der Waals surface area contributed by atoms with E-state index in [1.54, 1.807) is 0 Å². The van der Waals surface area contributed by atoms with Crippen molar-refractivity contribution in [1.82, 2.24) is 0 Å². The number of aliphatic carboxylic acids is 1. The lowest BCUT2D eigenvalue weighted by Crippen LogP contribution is -1.98. The molecule has 3 heteroatoms. The second-order valence-electron chi connectivity index (χ2n) is 4.82. The fraction of sp³-hybridized carbons (Fsp3) is 0.235. The summed E-state index contributed by atoms with van der Waals surface area (Å²) in [6.45, 7) is 2.59. The summed E-state index contributed by atoms with van der Waals surface area (Å²) >= 11 is 0. The third-order valence-electron chi connectivity index (χ3n) is 3.04. The van der Waals surface area contributed by atoms with Gasteiger partial charge in [-0.25, -0.2) is 0 Å². The molecule has 0 heterocycles. The average Bonchev–Trinajstić information content (AvgIpc) is 2.44.